The van der Waals surface area contributed by atoms with E-state index in [0.29, 0.717) is 45.6 Å². The molecule has 2 N–H and O–H groups in total. The number of rotatable bonds is 3. The van der Waals surface area contributed by atoms with Gasteiger partial charge < -0.3 is 19.9 Å². The lowest BCUT2D eigenvalue weighted by atomic mass is 10.1. The highest BCUT2D eigenvalue weighted by Crippen LogP contribution is 2.29. The van der Waals surface area contributed by atoms with Crippen LogP contribution in [0.25, 0.3) is 16.7 Å². The first-order valence-electron chi connectivity index (χ1n) is 10.9. The summed E-state index contributed by atoms with van der Waals surface area (Å²) in [5.41, 5.74) is 4.90. The van der Waals surface area contributed by atoms with Gasteiger partial charge in [-0.3, -0.25) is 14.8 Å². The predicted octanol–water partition coefficient (Wildman–Crippen LogP) is 2.90. The van der Waals surface area contributed by atoms with Gasteiger partial charge in [0.25, 0.3) is 5.91 Å². The number of benzene rings is 1. The molecule has 1 saturated heterocycles. The van der Waals surface area contributed by atoms with Crippen molar-refractivity contribution in [3.63, 3.8) is 0 Å². The SMILES string of the molecule is Cc1cn2cc(NC(=O)c3ccc(N4C[C@@H](C)N[C@@H](C)C4)c4nccnc34)cc(C#N)c2n1. The molecule has 3 aromatic heterocycles. The van der Waals surface area contributed by atoms with E-state index in [1.165, 1.54) is 0 Å². The van der Waals surface area contributed by atoms with Crippen LogP contribution in [0.1, 0.15) is 35.5 Å². The fraction of sp³-hybridized carbons (Fsp3) is 0.292. The van der Waals surface area contributed by atoms with Crippen LogP contribution < -0.4 is 15.5 Å². The molecule has 9 heteroatoms. The van der Waals surface area contributed by atoms with Crippen molar-refractivity contribution < 1.29 is 4.79 Å². The first kappa shape index (κ1) is 20.8. The Morgan fingerprint density at radius 1 is 1.15 bits per heavy atom. The van der Waals surface area contributed by atoms with Gasteiger partial charge in [0.15, 0.2) is 5.65 Å². The summed E-state index contributed by atoms with van der Waals surface area (Å²) in [6.45, 7) is 7.88. The Kier molecular flexibility index (Phi) is 5.15. The number of nitrogens with one attached hydrogen (secondary N) is 2. The Hall–Kier alpha value is -4.03. The van der Waals surface area contributed by atoms with Gasteiger partial charge in [-0.15, -0.1) is 0 Å². The minimum absolute atomic E-state index is 0.311. The second kappa shape index (κ2) is 8.15. The number of piperazine rings is 1. The van der Waals surface area contributed by atoms with Crippen LogP contribution in [-0.4, -0.2) is 50.4 Å². The van der Waals surface area contributed by atoms with Crippen molar-refractivity contribution >= 4 is 34.0 Å². The molecule has 2 atom stereocenters. The molecule has 1 aliphatic heterocycles. The number of amides is 1. The van der Waals surface area contributed by atoms with Crippen LogP contribution in [-0.2, 0) is 0 Å². The van der Waals surface area contributed by atoms with Gasteiger partial charge in [0.2, 0.25) is 0 Å². The lowest BCUT2D eigenvalue weighted by Gasteiger charge is -2.38. The van der Waals surface area contributed by atoms with E-state index < -0.39 is 0 Å². The van der Waals surface area contributed by atoms with Crippen LogP contribution in [0, 0.1) is 18.3 Å². The third kappa shape index (κ3) is 3.85. The smallest absolute Gasteiger partial charge is 0.257 e. The molecule has 0 bridgehead atoms. The maximum absolute atomic E-state index is 13.3. The van der Waals surface area contributed by atoms with Crippen LogP contribution in [0.5, 0.6) is 0 Å². The van der Waals surface area contributed by atoms with Gasteiger partial charge in [0.1, 0.15) is 17.1 Å². The van der Waals surface area contributed by atoms with Crippen molar-refractivity contribution in [2.75, 3.05) is 23.3 Å². The molecule has 0 aliphatic carbocycles. The van der Waals surface area contributed by atoms with E-state index in [4.69, 9.17) is 0 Å². The molecule has 166 valence electrons. The zero-order chi connectivity index (χ0) is 23.1. The summed E-state index contributed by atoms with van der Waals surface area (Å²) in [6, 6.07) is 8.21. The summed E-state index contributed by atoms with van der Waals surface area (Å²) in [5, 5.41) is 16.0. The van der Waals surface area contributed by atoms with Crippen LogP contribution >= 0.6 is 0 Å². The van der Waals surface area contributed by atoms with Crippen molar-refractivity contribution in [2.24, 2.45) is 0 Å². The molecule has 1 aromatic carbocycles. The third-order valence-corrected chi connectivity index (χ3v) is 5.80. The Morgan fingerprint density at radius 2 is 1.88 bits per heavy atom. The Labute approximate surface area is 191 Å². The van der Waals surface area contributed by atoms with Crippen molar-refractivity contribution in [2.45, 2.75) is 32.9 Å². The van der Waals surface area contributed by atoms with Crippen molar-refractivity contribution in [1.29, 1.82) is 5.26 Å². The first-order valence-corrected chi connectivity index (χ1v) is 10.9. The van der Waals surface area contributed by atoms with E-state index in [2.05, 4.69) is 50.4 Å². The van der Waals surface area contributed by atoms with Gasteiger partial charge in [-0.05, 0) is 39.0 Å². The number of aryl methyl sites for hydroxylation is 1. The van der Waals surface area contributed by atoms with E-state index in [1.807, 2.05) is 19.2 Å². The normalized spacial score (nSPS) is 18.4. The Balaban J connectivity index is 1.51. The summed E-state index contributed by atoms with van der Waals surface area (Å²) in [7, 11) is 0. The molecule has 0 saturated carbocycles. The van der Waals surface area contributed by atoms with Gasteiger partial charge in [-0.2, -0.15) is 5.26 Å². The number of nitrogens with zero attached hydrogens (tertiary/aromatic N) is 6. The van der Waals surface area contributed by atoms with Gasteiger partial charge in [-0.1, -0.05) is 0 Å². The van der Waals surface area contributed by atoms with E-state index in [1.54, 1.807) is 35.1 Å². The predicted molar refractivity (Wildman–Crippen MR) is 126 cm³/mol. The minimum Gasteiger partial charge on any atom is -0.367 e. The molecule has 1 fully saturated rings. The molecule has 0 unspecified atom stereocenters. The monoisotopic (exact) mass is 440 g/mol. The maximum Gasteiger partial charge on any atom is 0.257 e. The average Bonchev–Trinajstić information content (AvgIpc) is 3.17. The van der Waals surface area contributed by atoms with E-state index in [9.17, 15) is 10.1 Å². The van der Waals surface area contributed by atoms with Gasteiger partial charge in [-0.25, -0.2) is 4.98 Å². The number of carbonyl (C=O) groups excluding carboxylic acids is 1. The molecule has 4 heterocycles. The molecule has 1 amide bonds. The number of fused-ring (bicyclic) bond motifs is 2. The summed E-state index contributed by atoms with van der Waals surface area (Å²) in [6.07, 6.45) is 6.81. The van der Waals surface area contributed by atoms with Crippen LogP contribution in [0.3, 0.4) is 0 Å². The standard InChI is InChI=1S/C24H24N8O/c1-14-10-31(11-15(2)28-14)20-5-4-19(21-22(20)27-7-6-26-21)24(33)30-18-8-17(9-25)23-29-16(3)12-32(23)13-18/h4-8,12-15,28H,10-11H2,1-3H3,(H,30,33)/t14-,15+. The number of imidazole rings is 1. The van der Waals surface area contributed by atoms with E-state index >= 15 is 0 Å². The minimum atomic E-state index is -0.311. The quantitative estimate of drug-likeness (QED) is 0.504. The Morgan fingerprint density at radius 3 is 2.61 bits per heavy atom. The second-order valence-corrected chi connectivity index (χ2v) is 8.58. The zero-order valence-electron chi connectivity index (χ0n) is 18.7. The van der Waals surface area contributed by atoms with E-state index in [-0.39, 0.29) is 5.91 Å². The summed E-state index contributed by atoms with van der Waals surface area (Å²) in [5.74, 6) is -0.311. The van der Waals surface area contributed by atoms with Crippen molar-refractivity contribution in [3.05, 3.63) is 59.8 Å². The fourth-order valence-electron chi connectivity index (χ4n) is 4.57. The van der Waals surface area contributed by atoms with E-state index in [0.717, 1.165) is 24.5 Å². The van der Waals surface area contributed by atoms with Crippen LogP contribution in [0.15, 0.2) is 43.0 Å². The molecule has 33 heavy (non-hydrogen) atoms. The van der Waals surface area contributed by atoms with Gasteiger partial charge in [0, 0.05) is 50.0 Å². The molecule has 5 rings (SSSR count). The molecule has 0 spiro atoms. The largest absolute Gasteiger partial charge is 0.367 e. The molecule has 9 nitrogen and oxygen atoms in total. The van der Waals surface area contributed by atoms with Crippen molar-refractivity contribution in [3.8, 4) is 6.07 Å². The van der Waals surface area contributed by atoms with Gasteiger partial charge in [0.05, 0.1) is 28.2 Å². The highest BCUT2D eigenvalue weighted by molar-refractivity contribution is 6.13. The molecule has 4 aromatic rings. The fourth-order valence-corrected chi connectivity index (χ4v) is 4.57. The zero-order valence-corrected chi connectivity index (χ0v) is 18.7. The molecule has 0 radical (unpaired) electrons. The summed E-state index contributed by atoms with van der Waals surface area (Å²) < 4.78 is 1.75. The number of pyridine rings is 1. The summed E-state index contributed by atoms with van der Waals surface area (Å²) in [4.78, 5) is 29.0. The molecule has 1 aliphatic rings. The average molecular weight is 441 g/mol. The molecular weight excluding hydrogens is 416 g/mol. The number of anilines is 2. The van der Waals surface area contributed by atoms with Crippen LogP contribution in [0.2, 0.25) is 0 Å². The lowest BCUT2D eigenvalue weighted by molar-refractivity contribution is 0.102. The number of hydrogen-bond acceptors (Lipinski definition) is 7. The summed E-state index contributed by atoms with van der Waals surface area (Å²) >= 11 is 0. The maximum atomic E-state index is 13.3. The second-order valence-electron chi connectivity index (χ2n) is 8.58. The number of nitriles is 1. The third-order valence-electron chi connectivity index (χ3n) is 5.80. The molecular formula is C24H24N8O. The lowest BCUT2D eigenvalue weighted by Crippen LogP contribution is -2.54. The first-order chi connectivity index (χ1) is 15.9. The number of aromatic nitrogens is 4. The number of hydrogen-bond donors (Lipinski definition) is 2. The van der Waals surface area contributed by atoms with Crippen LogP contribution in [0.4, 0.5) is 11.4 Å². The highest BCUT2D eigenvalue weighted by atomic mass is 16.1. The van der Waals surface area contributed by atoms with Crippen molar-refractivity contribution in [1.82, 2.24) is 24.7 Å². The number of carbonyl (C=O) groups is 1. The topological polar surface area (TPSA) is 111 Å². The Bertz CT molecular complexity index is 1410. The van der Waals surface area contributed by atoms with Gasteiger partial charge >= 0.3 is 0 Å². The highest BCUT2D eigenvalue weighted by Gasteiger charge is 2.24.